The molecule has 1 unspecified atom stereocenters. The molecular formula is C24H23ClN2O3S. The van der Waals surface area contributed by atoms with Gasteiger partial charge in [0.25, 0.3) is 15.9 Å². The van der Waals surface area contributed by atoms with Gasteiger partial charge in [0.05, 0.1) is 10.7 Å². The molecule has 1 atom stereocenters. The highest BCUT2D eigenvalue weighted by atomic mass is 35.5. The minimum absolute atomic E-state index is 0.0197. The molecule has 1 heterocycles. The second-order valence-corrected chi connectivity index (χ2v) is 9.98. The number of rotatable bonds is 4. The van der Waals surface area contributed by atoms with Crippen LogP contribution in [0.3, 0.4) is 0 Å². The maximum Gasteiger partial charge on any atom is 0.263 e. The van der Waals surface area contributed by atoms with Crippen LogP contribution < -0.4 is 9.62 Å². The Morgan fingerprint density at radius 3 is 2.58 bits per heavy atom. The van der Waals surface area contributed by atoms with E-state index in [0.29, 0.717) is 5.69 Å². The fraction of sp³-hybridized carbons (Fsp3) is 0.208. The normalized spacial score (nSPS) is 15.6. The van der Waals surface area contributed by atoms with Crippen molar-refractivity contribution >= 4 is 38.9 Å². The van der Waals surface area contributed by atoms with Crippen LogP contribution in [0.2, 0.25) is 5.02 Å². The van der Waals surface area contributed by atoms with Gasteiger partial charge >= 0.3 is 0 Å². The Hall–Kier alpha value is -2.83. The summed E-state index contributed by atoms with van der Waals surface area (Å²) in [7, 11) is -3.99. The largest absolute Gasteiger partial charge is 0.305 e. The van der Waals surface area contributed by atoms with Crippen LogP contribution in [0.1, 0.15) is 34.0 Å². The molecule has 1 aliphatic heterocycles. The summed E-state index contributed by atoms with van der Waals surface area (Å²) in [5, 5.41) is 0.0595. The lowest BCUT2D eigenvalue weighted by Gasteiger charge is -2.23. The monoisotopic (exact) mass is 454 g/mol. The van der Waals surface area contributed by atoms with Gasteiger partial charge in [-0.15, -0.1) is 0 Å². The first kappa shape index (κ1) is 21.4. The number of carbonyl (C=O) groups is 1. The minimum Gasteiger partial charge on any atom is -0.305 e. The number of nitrogens with one attached hydrogen (secondary N) is 1. The molecule has 0 spiro atoms. The van der Waals surface area contributed by atoms with E-state index in [-0.39, 0.29) is 27.4 Å². The van der Waals surface area contributed by atoms with Crippen LogP contribution in [0.5, 0.6) is 0 Å². The standard InChI is InChI=1S/C24H23ClN2O3S/c1-15-8-9-16(2)21(12-15)26-31(29,30)23-14-19(10-11-20(23)25)24(28)27-17(3)13-18-6-4-5-7-22(18)27/h4-12,14,17,26H,13H2,1-3H3. The van der Waals surface area contributed by atoms with Crippen LogP contribution in [-0.2, 0) is 16.4 Å². The van der Waals surface area contributed by atoms with Crippen molar-refractivity contribution in [3.05, 3.63) is 87.9 Å². The van der Waals surface area contributed by atoms with Crippen LogP contribution >= 0.6 is 11.6 Å². The zero-order valence-electron chi connectivity index (χ0n) is 17.5. The summed E-state index contributed by atoms with van der Waals surface area (Å²) in [6.45, 7) is 5.69. The van der Waals surface area contributed by atoms with Crippen molar-refractivity contribution in [2.24, 2.45) is 0 Å². The first-order valence-corrected chi connectivity index (χ1v) is 11.8. The van der Waals surface area contributed by atoms with Crippen molar-refractivity contribution in [1.29, 1.82) is 0 Å². The molecule has 0 saturated carbocycles. The summed E-state index contributed by atoms with van der Waals surface area (Å²) >= 11 is 6.25. The molecule has 0 aromatic heterocycles. The average molecular weight is 455 g/mol. The van der Waals surface area contributed by atoms with Gasteiger partial charge in [0.2, 0.25) is 0 Å². The molecule has 4 rings (SSSR count). The second kappa shape index (κ2) is 8.02. The Labute approximate surface area is 187 Å². The third-order valence-electron chi connectivity index (χ3n) is 5.53. The van der Waals surface area contributed by atoms with Crippen molar-refractivity contribution in [2.75, 3.05) is 9.62 Å². The van der Waals surface area contributed by atoms with E-state index in [4.69, 9.17) is 11.6 Å². The van der Waals surface area contributed by atoms with Gasteiger partial charge in [0, 0.05) is 17.3 Å². The molecule has 7 heteroatoms. The quantitative estimate of drug-likeness (QED) is 0.577. The van der Waals surface area contributed by atoms with Gasteiger partial charge in [-0.1, -0.05) is 41.9 Å². The van der Waals surface area contributed by atoms with Crippen molar-refractivity contribution in [2.45, 2.75) is 38.1 Å². The SMILES string of the molecule is Cc1ccc(C)c(NS(=O)(=O)c2cc(C(=O)N3c4ccccc4CC3C)ccc2Cl)c1. The number of benzene rings is 3. The summed E-state index contributed by atoms with van der Waals surface area (Å²) in [5.41, 5.74) is 4.43. The predicted octanol–water partition coefficient (Wildman–Crippen LogP) is 5.35. The van der Waals surface area contributed by atoms with Crippen molar-refractivity contribution in [3.8, 4) is 0 Å². The second-order valence-electron chi connectivity index (χ2n) is 7.93. The van der Waals surface area contributed by atoms with E-state index in [9.17, 15) is 13.2 Å². The van der Waals surface area contributed by atoms with Crippen LogP contribution in [0.25, 0.3) is 0 Å². The van der Waals surface area contributed by atoms with Crippen LogP contribution in [0.4, 0.5) is 11.4 Å². The number of aryl methyl sites for hydroxylation is 2. The molecule has 0 radical (unpaired) electrons. The molecule has 0 saturated heterocycles. The summed E-state index contributed by atoms with van der Waals surface area (Å²) in [4.78, 5) is 14.9. The topological polar surface area (TPSA) is 66.5 Å². The number of fused-ring (bicyclic) bond motifs is 1. The van der Waals surface area contributed by atoms with E-state index in [2.05, 4.69) is 4.72 Å². The molecule has 3 aromatic rings. The van der Waals surface area contributed by atoms with E-state index in [1.807, 2.05) is 57.2 Å². The van der Waals surface area contributed by atoms with Crippen LogP contribution in [0, 0.1) is 13.8 Å². The molecule has 160 valence electrons. The van der Waals surface area contributed by atoms with Gasteiger partial charge in [-0.3, -0.25) is 9.52 Å². The molecule has 31 heavy (non-hydrogen) atoms. The van der Waals surface area contributed by atoms with E-state index in [0.717, 1.165) is 28.8 Å². The summed E-state index contributed by atoms with van der Waals surface area (Å²) in [6, 6.07) is 17.6. The van der Waals surface area contributed by atoms with Crippen LogP contribution in [0.15, 0.2) is 65.6 Å². The summed E-state index contributed by atoms with van der Waals surface area (Å²) in [6.07, 6.45) is 0.759. The van der Waals surface area contributed by atoms with E-state index in [1.165, 1.54) is 12.1 Å². The van der Waals surface area contributed by atoms with Crippen molar-refractivity contribution in [3.63, 3.8) is 0 Å². The van der Waals surface area contributed by atoms with E-state index < -0.39 is 10.0 Å². The number of nitrogens with zero attached hydrogens (tertiary/aromatic N) is 1. The van der Waals surface area contributed by atoms with Gasteiger partial charge < -0.3 is 4.90 Å². The number of hydrogen-bond acceptors (Lipinski definition) is 3. The van der Waals surface area contributed by atoms with Crippen molar-refractivity contribution < 1.29 is 13.2 Å². The maximum absolute atomic E-state index is 13.3. The molecule has 1 amide bonds. The molecule has 1 aliphatic rings. The van der Waals surface area contributed by atoms with Gasteiger partial charge in [-0.05, 0) is 74.2 Å². The number of para-hydroxylation sites is 1. The third-order valence-corrected chi connectivity index (χ3v) is 7.38. The zero-order valence-corrected chi connectivity index (χ0v) is 19.1. The number of anilines is 2. The molecule has 0 aliphatic carbocycles. The Morgan fingerprint density at radius 1 is 1.06 bits per heavy atom. The maximum atomic E-state index is 13.3. The minimum atomic E-state index is -3.99. The van der Waals surface area contributed by atoms with E-state index >= 15 is 0 Å². The predicted molar refractivity (Wildman–Crippen MR) is 125 cm³/mol. The van der Waals surface area contributed by atoms with Gasteiger partial charge in [-0.25, -0.2) is 8.42 Å². The number of sulfonamides is 1. The summed E-state index contributed by atoms with van der Waals surface area (Å²) < 4.78 is 28.9. The van der Waals surface area contributed by atoms with Gasteiger partial charge in [0.15, 0.2) is 0 Å². The number of amides is 1. The zero-order chi connectivity index (χ0) is 22.3. The van der Waals surface area contributed by atoms with Gasteiger partial charge in [-0.2, -0.15) is 0 Å². The highest BCUT2D eigenvalue weighted by molar-refractivity contribution is 7.92. The lowest BCUT2D eigenvalue weighted by molar-refractivity contribution is 0.0981. The smallest absolute Gasteiger partial charge is 0.263 e. The number of carbonyl (C=O) groups excluding carboxylic acids is 1. The summed E-state index contributed by atoms with van der Waals surface area (Å²) in [5.74, 6) is -0.252. The van der Waals surface area contributed by atoms with E-state index in [1.54, 1.807) is 17.0 Å². The molecule has 0 bridgehead atoms. The fourth-order valence-corrected chi connectivity index (χ4v) is 5.55. The lowest BCUT2D eigenvalue weighted by atomic mass is 10.1. The number of hydrogen-bond donors (Lipinski definition) is 1. The highest BCUT2D eigenvalue weighted by Gasteiger charge is 2.32. The molecule has 1 N–H and O–H groups in total. The average Bonchev–Trinajstić information content (AvgIpc) is 3.06. The molecular weight excluding hydrogens is 432 g/mol. The first-order chi connectivity index (χ1) is 14.7. The number of halogens is 1. The Kier molecular flexibility index (Phi) is 5.54. The molecule has 5 nitrogen and oxygen atoms in total. The molecule has 0 fully saturated rings. The third kappa shape index (κ3) is 4.05. The Bertz CT molecular complexity index is 1290. The van der Waals surface area contributed by atoms with Crippen LogP contribution in [-0.4, -0.2) is 20.4 Å². The Balaban J connectivity index is 1.70. The van der Waals surface area contributed by atoms with Gasteiger partial charge in [0.1, 0.15) is 4.90 Å². The fourth-order valence-electron chi connectivity index (χ4n) is 3.90. The molecule has 3 aromatic carbocycles. The highest BCUT2D eigenvalue weighted by Crippen LogP contribution is 2.34. The first-order valence-electron chi connectivity index (χ1n) is 9.98. The Morgan fingerprint density at radius 2 is 1.81 bits per heavy atom. The van der Waals surface area contributed by atoms with Crippen molar-refractivity contribution in [1.82, 2.24) is 0 Å². The lowest BCUT2D eigenvalue weighted by Crippen LogP contribution is -2.35.